The van der Waals surface area contributed by atoms with Crippen molar-refractivity contribution in [1.29, 1.82) is 0 Å². The SMILES string of the molecule is CCCCCCCCCCCCN(C)CC1CCCN1. The van der Waals surface area contributed by atoms with Crippen LogP contribution in [-0.4, -0.2) is 37.6 Å². The van der Waals surface area contributed by atoms with Crippen molar-refractivity contribution in [3.05, 3.63) is 0 Å². The van der Waals surface area contributed by atoms with E-state index in [1.54, 1.807) is 0 Å². The third kappa shape index (κ3) is 9.77. The fraction of sp³-hybridized carbons (Fsp3) is 1.00. The van der Waals surface area contributed by atoms with Gasteiger partial charge in [-0.1, -0.05) is 64.7 Å². The van der Waals surface area contributed by atoms with Gasteiger partial charge in [0.05, 0.1) is 0 Å². The molecule has 0 aromatic carbocycles. The van der Waals surface area contributed by atoms with Gasteiger partial charge in [-0.3, -0.25) is 0 Å². The maximum absolute atomic E-state index is 3.59. The molecule has 1 atom stereocenters. The summed E-state index contributed by atoms with van der Waals surface area (Å²) in [5, 5.41) is 3.59. The zero-order valence-corrected chi connectivity index (χ0v) is 14.1. The second-order valence-corrected chi connectivity index (χ2v) is 6.74. The van der Waals surface area contributed by atoms with E-state index < -0.39 is 0 Å². The molecule has 1 saturated heterocycles. The van der Waals surface area contributed by atoms with Crippen molar-refractivity contribution in [2.45, 2.75) is 90.0 Å². The molecule has 0 saturated carbocycles. The molecule has 1 aliphatic rings. The van der Waals surface area contributed by atoms with Crippen molar-refractivity contribution in [2.75, 3.05) is 26.7 Å². The van der Waals surface area contributed by atoms with Gasteiger partial charge in [-0.15, -0.1) is 0 Å². The summed E-state index contributed by atoms with van der Waals surface area (Å²) < 4.78 is 0. The van der Waals surface area contributed by atoms with E-state index in [0.29, 0.717) is 0 Å². The summed E-state index contributed by atoms with van der Waals surface area (Å²) in [5.74, 6) is 0. The predicted molar refractivity (Wildman–Crippen MR) is 90.4 cm³/mol. The molecule has 20 heavy (non-hydrogen) atoms. The highest BCUT2D eigenvalue weighted by atomic mass is 15.1. The Morgan fingerprint density at radius 2 is 1.50 bits per heavy atom. The second kappa shape index (κ2) is 12.6. The Morgan fingerprint density at radius 3 is 2.05 bits per heavy atom. The van der Waals surface area contributed by atoms with Crippen LogP contribution in [0.15, 0.2) is 0 Å². The number of nitrogens with zero attached hydrogens (tertiary/aromatic N) is 1. The summed E-state index contributed by atoms with van der Waals surface area (Å²) in [6.07, 6.45) is 17.1. The Hall–Kier alpha value is -0.0800. The molecule has 0 aromatic rings. The summed E-state index contributed by atoms with van der Waals surface area (Å²) in [7, 11) is 2.29. The van der Waals surface area contributed by atoms with Crippen LogP contribution >= 0.6 is 0 Å². The Labute approximate surface area is 127 Å². The van der Waals surface area contributed by atoms with Gasteiger partial charge in [-0.25, -0.2) is 0 Å². The summed E-state index contributed by atoms with van der Waals surface area (Å²) in [4.78, 5) is 2.52. The van der Waals surface area contributed by atoms with Crippen molar-refractivity contribution in [3.8, 4) is 0 Å². The standard InChI is InChI=1S/C18H38N2/c1-3-4-5-6-7-8-9-10-11-12-16-20(2)17-18-14-13-15-19-18/h18-19H,3-17H2,1-2H3. The third-order valence-corrected chi connectivity index (χ3v) is 4.59. The Kier molecular flexibility index (Phi) is 11.4. The van der Waals surface area contributed by atoms with Gasteiger partial charge in [0.25, 0.3) is 0 Å². The molecule has 0 aliphatic carbocycles. The first-order chi connectivity index (χ1) is 9.83. The van der Waals surface area contributed by atoms with Gasteiger partial charge in [-0.05, 0) is 39.4 Å². The number of likely N-dealkylation sites (N-methyl/N-ethyl adjacent to an activating group) is 1. The number of unbranched alkanes of at least 4 members (excludes halogenated alkanes) is 9. The lowest BCUT2D eigenvalue weighted by molar-refractivity contribution is 0.292. The normalized spacial score (nSPS) is 19.1. The van der Waals surface area contributed by atoms with Gasteiger partial charge in [0.1, 0.15) is 0 Å². The van der Waals surface area contributed by atoms with Crippen molar-refractivity contribution < 1.29 is 0 Å². The van der Waals surface area contributed by atoms with Crippen LogP contribution in [0.2, 0.25) is 0 Å². The van der Waals surface area contributed by atoms with Crippen LogP contribution in [0, 0.1) is 0 Å². The molecular weight excluding hydrogens is 244 g/mol. The second-order valence-electron chi connectivity index (χ2n) is 6.74. The van der Waals surface area contributed by atoms with Gasteiger partial charge in [0, 0.05) is 12.6 Å². The van der Waals surface area contributed by atoms with E-state index in [2.05, 4.69) is 24.2 Å². The molecule has 2 heteroatoms. The monoisotopic (exact) mass is 282 g/mol. The van der Waals surface area contributed by atoms with Gasteiger partial charge in [-0.2, -0.15) is 0 Å². The third-order valence-electron chi connectivity index (χ3n) is 4.59. The fourth-order valence-corrected chi connectivity index (χ4v) is 3.25. The average Bonchev–Trinajstić information content (AvgIpc) is 2.93. The van der Waals surface area contributed by atoms with Crippen molar-refractivity contribution >= 4 is 0 Å². The zero-order valence-electron chi connectivity index (χ0n) is 14.1. The van der Waals surface area contributed by atoms with E-state index in [4.69, 9.17) is 0 Å². The largest absolute Gasteiger partial charge is 0.313 e. The fourth-order valence-electron chi connectivity index (χ4n) is 3.25. The molecule has 1 unspecified atom stereocenters. The predicted octanol–water partition coefficient (Wildman–Crippen LogP) is 4.59. The van der Waals surface area contributed by atoms with E-state index in [1.807, 2.05) is 0 Å². The van der Waals surface area contributed by atoms with E-state index >= 15 is 0 Å². The molecule has 1 aliphatic heterocycles. The van der Waals surface area contributed by atoms with E-state index in [9.17, 15) is 0 Å². The van der Waals surface area contributed by atoms with Gasteiger partial charge >= 0.3 is 0 Å². The summed E-state index contributed by atoms with van der Waals surface area (Å²) >= 11 is 0. The summed E-state index contributed by atoms with van der Waals surface area (Å²) in [5.41, 5.74) is 0. The molecule has 1 rings (SSSR count). The molecule has 0 radical (unpaired) electrons. The molecule has 1 N–H and O–H groups in total. The number of hydrogen-bond acceptors (Lipinski definition) is 2. The van der Waals surface area contributed by atoms with Gasteiger partial charge < -0.3 is 10.2 Å². The molecule has 0 amide bonds. The maximum atomic E-state index is 3.59. The highest BCUT2D eigenvalue weighted by Crippen LogP contribution is 2.11. The molecular formula is C18H38N2. The van der Waals surface area contributed by atoms with Crippen LogP contribution in [0.25, 0.3) is 0 Å². The molecule has 1 fully saturated rings. The summed E-state index contributed by atoms with van der Waals surface area (Å²) in [6, 6.07) is 0.767. The van der Waals surface area contributed by atoms with Gasteiger partial charge in [0.15, 0.2) is 0 Å². The Bertz CT molecular complexity index is 200. The minimum atomic E-state index is 0.767. The van der Waals surface area contributed by atoms with Crippen LogP contribution in [-0.2, 0) is 0 Å². The van der Waals surface area contributed by atoms with E-state index in [-0.39, 0.29) is 0 Å². The molecule has 0 aromatic heterocycles. The van der Waals surface area contributed by atoms with Crippen molar-refractivity contribution in [1.82, 2.24) is 10.2 Å². The highest BCUT2D eigenvalue weighted by Gasteiger charge is 2.15. The zero-order chi connectivity index (χ0) is 14.5. The lowest BCUT2D eigenvalue weighted by atomic mass is 10.1. The first-order valence-corrected chi connectivity index (χ1v) is 9.25. The molecule has 2 nitrogen and oxygen atoms in total. The minimum absolute atomic E-state index is 0.767. The highest BCUT2D eigenvalue weighted by molar-refractivity contribution is 4.76. The van der Waals surface area contributed by atoms with E-state index in [1.165, 1.54) is 96.7 Å². The smallest absolute Gasteiger partial charge is 0.0195 e. The number of rotatable bonds is 13. The lowest BCUT2D eigenvalue weighted by Crippen LogP contribution is -2.35. The van der Waals surface area contributed by atoms with Crippen molar-refractivity contribution in [3.63, 3.8) is 0 Å². The van der Waals surface area contributed by atoms with Crippen molar-refractivity contribution in [2.24, 2.45) is 0 Å². The van der Waals surface area contributed by atoms with E-state index in [0.717, 1.165) is 6.04 Å². The van der Waals surface area contributed by atoms with Crippen LogP contribution in [0.3, 0.4) is 0 Å². The lowest BCUT2D eigenvalue weighted by Gasteiger charge is -2.20. The summed E-state index contributed by atoms with van der Waals surface area (Å²) in [6.45, 7) is 6.06. The molecule has 120 valence electrons. The number of hydrogen-bond donors (Lipinski definition) is 1. The van der Waals surface area contributed by atoms with Crippen LogP contribution in [0.1, 0.15) is 84.0 Å². The minimum Gasteiger partial charge on any atom is -0.313 e. The van der Waals surface area contributed by atoms with Crippen LogP contribution in [0.4, 0.5) is 0 Å². The average molecular weight is 283 g/mol. The Balaban J connectivity index is 1.77. The van der Waals surface area contributed by atoms with Crippen LogP contribution < -0.4 is 5.32 Å². The molecule has 0 spiro atoms. The first-order valence-electron chi connectivity index (χ1n) is 9.25. The van der Waals surface area contributed by atoms with Crippen LogP contribution in [0.5, 0.6) is 0 Å². The quantitative estimate of drug-likeness (QED) is 0.497. The van der Waals surface area contributed by atoms with Gasteiger partial charge in [0.2, 0.25) is 0 Å². The maximum Gasteiger partial charge on any atom is 0.0195 e. The Morgan fingerprint density at radius 1 is 0.900 bits per heavy atom. The first kappa shape index (κ1) is 18.0. The molecule has 1 heterocycles. The topological polar surface area (TPSA) is 15.3 Å². The molecule has 0 bridgehead atoms. The number of nitrogens with one attached hydrogen (secondary N) is 1.